The molecule has 0 N–H and O–H groups in total. The lowest BCUT2D eigenvalue weighted by Gasteiger charge is -2.28. The molecule has 0 fully saturated rings. The van der Waals surface area contributed by atoms with E-state index in [1.807, 2.05) is 54.6 Å². The molecule has 0 amide bonds. The monoisotopic (exact) mass is 447 g/mol. The van der Waals surface area contributed by atoms with Crippen LogP contribution >= 0.6 is 7.26 Å². The van der Waals surface area contributed by atoms with Crippen molar-refractivity contribution in [3.05, 3.63) is 103 Å². The summed E-state index contributed by atoms with van der Waals surface area (Å²) in [4.78, 5) is 24.4. The second-order valence-corrected chi connectivity index (χ2v) is 11.1. The van der Waals surface area contributed by atoms with Crippen LogP contribution in [0.3, 0.4) is 0 Å². The molecule has 0 bridgehead atoms. The maximum Gasteiger partial charge on any atom is 0.334 e. The van der Waals surface area contributed by atoms with E-state index in [9.17, 15) is 9.59 Å². The lowest BCUT2D eigenvalue weighted by Crippen LogP contribution is -2.34. The first kappa shape index (κ1) is 23.4. The fourth-order valence-corrected chi connectivity index (χ4v) is 7.80. The van der Waals surface area contributed by atoms with Crippen molar-refractivity contribution in [1.82, 2.24) is 0 Å². The summed E-state index contributed by atoms with van der Waals surface area (Å²) in [6.45, 7) is 4.91. The predicted molar refractivity (Wildman–Crippen MR) is 131 cm³/mol. The summed E-state index contributed by atoms with van der Waals surface area (Å²) in [5.74, 6) is -0.697. The highest BCUT2D eigenvalue weighted by Gasteiger charge is 2.46. The number of carbonyl (C=O) groups excluding carboxylic acids is 2. The van der Waals surface area contributed by atoms with Crippen LogP contribution in [0.15, 0.2) is 103 Å². The molecule has 0 atom stereocenters. The molecule has 5 heteroatoms. The fourth-order valence-electron chi connectivity index (χ4n) is 3.69. The van der Waals surface area contributed by atoms with E-state index in [2.05, 4.69) is 36.4 Å². The fraction of sp³-hybridized carbons (Fsp3) is 0.185. The molecule has 3 aromatic carbocycles. The maximum absolute atomic E-state index is 12.5. The van der Waals surface area contributed by atoms with Gasteiger partial charge in [0.1, 0.15) is 29.3 Å². The predicted octanol–water partition coefficient (Wildman–Crippen LogP) is 4.38. The van der Waals surface area contributed by atoms with Gasteiger partial charge in [-0.3, -0.25) is 4.79 Å². The number of esters is 2. The summed E-state index contributed by atoms with van der Waals surface area (Å²) in [6.07, 6.45) is 1.41. The largest absolute Gasteiger partial charge is 0.460 e. The zero-order chi connectivity index (χ0) is 23.0. The Labute approximate surface area is 190 Å². The van der Waals surface area contributed by atoms with Crippen LogP contribution in [0.1, 0.15) is 20.8 Å². The van der Waals surface area contributed by atoms with Crippen LogP contribution in [0.25, 0.3) is 0 Å². The minimum absolute atomic E-state index is 0.269. The van der Waals surface area contributed by atoms with Gasteiger partial charge in [-0.1, -0.05) is 54.6 Å². The number of benzene rings is 3. The minimum atomic E-state index is -2.31. The zero-order valence-corrected chi connectivity index (χ0v) is 19.5. The molecule has 0 spiro atoms. The van der Waals surface area contributed by atoms with Gasteiger partial charge < -0.3 is 9.47 Å². The third-order valence-corrected chi connectivity index (χ3v) is 9.21. The lowest BCUT2D eigenvalue weighted by atomic mass is 10.3. The number of rotatable bonds is 8. The zero-order valence-electron chi connectivity index (χ0n) is 18.6. The van der Waals surface area contributed by atoms with Gasteiger partial charge in [-0.25, -0.2) is 4.79 Å². The van der Waals surface area contributed by atoms with E-state index in [0.717, 1.165) is 15.9 Å². The summed E-state index contributed by atoms with van der Waals surface area (Å²) >= 11 is 0. The van der Waals surface area contributed by atoms with Crippen molar-refractivity contribution in [3.8, 4) is 0 Å². The van der Waals surface area contributed by atoms with Crippen LogP contribution < -0.4 is 15.9 Å². The summed E-state index contributed by atoms with van der Waals surface area (Å²) in [5.41, 5.74) is 0. The number of allylic oxidation sites excluding steroid dienone is 1. The van der Waals surface area contributed by atoms with E-state index in [4.69, 9.17) is 9.47 Å². The van der Waals surface area contributed by atoms with Gasteiger partial charge in [-0.2, -0.15) is 0 Å². The molecule has 3 aromatic rings. The Hall–Kier alpha value is -3.23. The van der Waals surface area contributed by atoms with Crippen molar-refractivity contribution >= 4 is 35.1 Å². The van der Waals surface area contributed by atoms with E-state index in [1.165, 1.54) is 13.0 Å². The molecule has 0 aromatic heterocycles. The molecule has 0 aliphatic heterocycles. The molecule has 0 saturated carbocycles. The quantitative estimate of drug-likeness (QED) is 0.223. The Morgan fingerprint density at radius 2 is 1.19 bits per heavy atom. The van der Waals surface area contributed by atoms with Crippen LogP contribution in [0, 0.1) is 0 Å². The molecule has 0 unspecified atom stereocenters. The van der Waals surface area contributed by atoms with Gasteiger partial charge >= 0.3 is 11.9 Å². The molecule has 0 aliphatic rings. The first-order valence-electron chi connectivity index (χ1n) is 10.6. The highest BCUT2D eigenvalue weighted by atomic mass is 31.2. The van der Waals surface area contributed by atoms with E-state index in [1.54, 1.807) is 13.8 Å². The second-order valence-electron chi connectivity index (χ2n) is 7.66. The van der Waals surface area contributed by atoms with E-state index in [0.29, 0.717) is 11.9 Å². The Morgan fingerprint density at radius 1 is 0.781 bits per heavy atom. The third kappa shape index (κ3) is 5.72. The molecule has 0 aliphatic carbocycles. The minimum Gasteiger partial charge on any atom is -0.460 e. The first-order chi connectivity index (χ1) is 15.4. The van der Waals surface area contributed by atoms with Crippen LogP contribution in [-0.4, -0.2) is 24.2 Å². The standard InChI is InChI=1S/C27H28O4P/c1-21(2)30-27(29)19-23(31-22(3)28)20-32(24-13-7-4-8-14-24,25-15-9-5-10-16-25)26-17-11-6-12-18-26/h4-19,21H,20H2,1-3H3/q+1/b23-19+. The summed E-state index contributed by atoms with van der Waals surface area (Å²) in [6, 6.07) is 30.6. The Bertz CT molecular complexity index is 964. The summed E-state index contributed by atoms with van der Waals surface area (Å²) in [5, 5.41) is 3.40. The van der Waals surface area contributed by atoms with Gasteiger partial charge in [0.15, 0.2) is 5.76 Å². The van der Waals surface area contributed by atoms with Crippen molar-refractivity contribution in [2.24, 2.45) is 0 Å². The first-order valence-corrected chi connectivity index (χ1v) is 12.5. The van der Waals surface area contributed by atoms with Crippen molar-refractivity contribution in [1.29, 1.82) is 0 Å². The van der Waals surface area contributed by atoms with Crippen LogP contribution in [0.5, 0.6) is 0 Å². The average molecular weight is 447 g/mol. The van der Waals surface area contributed by atoms with E-state index >= 15 is 0 Å². The molecular formula is C27H28O4P+. The van der Waals surface area contributed by atoms with E-state index < -0.39 is 19.2 Å². The molecule has 32 heavy (non-hydrogen) atoms. The smallest absolute Gasteiger partial charge is 0.334 e. The number of carbonyl (C=O) groups is 2. The molecule has 164 valence electrons. The Morgan fingerprint density at radius 3 is 1.53 bits per heavy atom. The topological polar surface area (TPSA) is 52.6 Å². The van der Waals surface area contributed by atoms with Crippen molar-refractivity contribution < 1.29 is 19.1 Å². The lowest BCUT2D eigenvalue weighted by molar-refractivity contribution is -0.141. The van der Waals surface area contributed by atoms with Crippen LogP contribution in [0.4, 0.5) is 0 Å². The van der Waals surface area contributed by atoms with Crippen molar-refractivity contribution in [3.63, 3.8) is 0 Å². The van der Waals surface area contributed by atoms with Gasteiger partial charge in [0.05, 0.1) is 12.2 Å². The highest BCUT2D eigenvalue weighted by molar-refractivity contribution is 7.95. The maximum atomic E-state index is 12.5. The number of hydrogen-bond acceptors (Lipinski definition) is 4. The molecule has 0 radical (unpaired) electrons. The average Bonchev–Trinajstić information content (AvgIpc) is 2.78. The van der Waals surface area contributed by atoms with E-state index in [-0.39, 0.29) is 6.10 Å². The summed E-state index contributed by atoms with van der Waals surface area (Å²) < 4.78 is 10.9. The second kappa shape index (κ2) is 10.9. The Kier molecular flexibility index (Phi) is 7.97. The van der Waals surface area contributed by atoms with Gasteiger partial charge in [0.25, 0.3) is 0 Å². The number of ether oxygens (including phenoxy) is 2. The summed E-state index contributed by atoms with van der Waals surface area (Å²) in [7, 11) is -2.31. The van der Waals surface area contributed by atoms with Crippen LogP contribution in [0.2, 0.25) is 0 Å². The molecule has 4 nitrogen and oxygen atoms in total. The van der Waals surface area contributed by atoms with Gasteiger partial charge in [-0.05, 0) is 50.2 Å². The molecule has 0 saturated heterocycles. The van der Waals surface area contributed by atoms with Gasteiger partial charge in [0, 0.05) is 6.92 Å². The molecular weight excluding hydrogens is 419 g/mol. The normalized spacial score (nSPS) is 11.8. The van der Waals surface area contributed by atoms with Crippen molar-refractivity contribution in [2.75, 3.05) is 6.16 Å². The van der Waals surface area contributed by atoms with Gasteiger partial charge in [0.2, 0.25) is 0 Å². The molecule has 0 heterocycles. The Balaban J connectivity index is 2.24. The third-order valence-electron chi connectivity index (χ3n) is 4.89. The van der Waals surface area contributed by atoms with Gasteiger partial charge in [-0.15, -0.1) is 0 Å². The number of hydrogen-bond donors (Lipinski definition) is 0. The molecule has 3 rings (SSSR count). The van der Waals surface area contributed by atoms with Crippen LogP contribution in [-0.2, 0) is 19.1 Å². The SMILES string of the molecule is CC(=O)O/C(=C/C(=O)OC(C)C)C[P+](c1ccccc1)(c1ccccc1)c1ccccc1. The highest BCUT2D eigenvalue weighted by Crippen LogP contribution is 2.56. The van der Waals surface area contributed by atoms with Crippen molar-refractivity contribution in [2.45, 2.75) is 26.9 Å².